The van der Waals surface area contributed by atoms with Gasteiger partial charge in [0.1, 0.15) is 0 Å². The molecule has 5 heteroatoms. The highest BCUT2D eigenvalue weighted by molar-refractivity contribution is 8.18. The van der Waals surface area contributed by atoms with Crippen LogP contribution in [0.15, 0.2) is 88.8 Å². The first kappa shape index (κ1) is 20.1. The van der Waals surface area contributed by atoms with Gasteiger partial charge in [-0.1, -0.05) is 66.2 Å². The number of carbonyl (C=O) groups excluding carboxylic acids is 1. The largest absolute Gasteiger partial charge is 0.279 e. The summed E-state index contributed by atoms with van der Waals surface area (Å²) in [5.74, 6) is 0.0105. The van der Waals surface area contributed by atoms with Gasteiger partial charge in [0.25, 0.3) is 5.91 Å². The third-order valence-electron chi connectivity index (χ3n) is 5.64. The van der Waals surface area contributed by atoms with E-state index in [1.807, 2.05) is 65.6 Å². The molecule has 1 atom stereocenters. The summed E-state index contributed by atoms with van der Waals surface area (Å²) in [7, 11) is 0. The molecule has 0 N–H and O–H groups in total. The van der Waals surface area contributed by atoms with Crippen molar-refractivity contribution in [3.05, 3.63) is 105 Å². The van der Waals surface area contributed by atoms with Crippen molar-refractivity contribution in [3.63, 3.8) is 0 Å². The Morgan fingerprint density at radius 2 is 1.71 bits per heavy atom. The molecule has 0 radical (unpaired) electrons. The lowest BCUT2D eigenvalue weighted by molar-refractivity contribution is -0.124. The maximum Gasteiger partial charge on any atom is 0.267 e. The van der Waals surface area contributed by atoms with E-state index in [-0.39, 0.29) is 11.9 Å². The van der Waals surface area contributed by atoms with Gasteiger partial charge in [0.2, 0.25) is 0 Å². The molecular formula is C26H21ClN2OS. The van der Waals surface area contributed by atoms with Crippen LogP contribution >= 0.6 is 23.4 Å². The van der Waals surface area contributed by atoms with Crippen molar-refractivity contribution in [2.24, 2.45) is 4.99 Å². The summed E-state index contributed by atoms with van der Waals surface area (Å²) in [6, 6.07) is 25.8. The van der Waals surface area contributed by atoms with Crippen molar-refractivity contribution in [1.29, 1.82) is 0 Å². The van der Waals surface area contributed by atoms with Gasteiger partial charge in [0.15, 0.2) is 5.17 Å². The normalized spacial score (nSPS) is 21.0. The zero-order valence-electron chi connectivity index (χ0n) is 16.9. The van der Waals surface area contributed by atoms with Crippen LogP contribution in [0.1, 0.15) is 35.6 Å². The maximum absolute atomic E-state index is 13.6. The molecule has 1 saturated heterocycles. The van der Waals surface area contributed by atoms with E-state index >= 15 is 0 Å². The summed E-state index contributed by atoms with van der Waals surface area (Å²) in [6.45, 7) is 0. The molecular weight excluding hydrogens is 424 g/mol. The van der Waals surface area contributed by atoms with Crippen molar-refractivity contribution in [2.75, 3.05) is 0 Å². The molecule has 1 amide bonds. The first-order valence-corrected chi connectivity index (χ1v) is 11.6. The van der Waals surface area contributed by atoms with Crippen molar-refractivity contribution in [3.8, 4) is 0 Å². The van der Waals surface area contributed by atoms with Gasteiger partial charge in [0.05, 0.1) is 16.6 Å². The molecule has 0 bridgehead atoms. The highest BCUT2D eigenvalue weighted by Gasteiger charge is 2.40. The van der Waals surface area contributed by atoms with E-state index < -0.39 is 0 Å². The fourth-order valence-electron chi connectivity index (χ4n) is 4.16. The van der Waals surface area contributed by atoms with E-state index in [2.05, 4.69) is 24.3 Å². The Morgan fingerprint density at radius 1 is 0.968 bits per heavy atom. The minimum absolute atomic E-state index is 0.00327. The number of aryl methyl sites for hydroxylation is 1. The van der Waals surface area contributed by atoms with Gasteiger partial charge in [-0.15, -0.1) is 0 Å². The van der Waals surface area contributed by atoms with Crippen LogP contribution in [0.2, 0.25) is 5.02 Å². The summed E-state index contributed by atoms with van der Waals surface area (Å²) in [6.07, 6.45) is 4.98. The van der Waals surface area contributed by atoms with Gasteiger partial charge < -0.3 is 0 Å². The molecule has 3 aromatic rings. The summed E-state index contributed by atoms with van der Waals surface area (Å²) in [5.41, 5.74) is 4.35. The molecule has 1 heterocycles. The number of hydrogen-bond acceptors (Lipinski definition) is 3. The molecule has 2 aliphatic rings. The zero-order chi connectivity index (χ0) is 21.2. The van der Waals surface area contributed by atoms with Crippen LogP contribution in [0.4, 0.5) is 5.69 Å². The first-order valence-electron chi connectivity index (χ1n) is 10.4. The number of nitrogens with zero attached hydrogens (tertiary/aromatic N) is 2. The molecule has 0 saturated carbocycles. The maximum atomic E-state index is 13.6. The number of halogens is 1. The van der Waals surface area contributed by atoms with Crippen LogP contribution in [0.3, 0.4) is 0 Å². The highest BCUT2D eigenvalue weighted by Crippen LogP contribution is 2.43. The standard InChI is InChI=1S/C26H21ClN2OS/c27-20-15-13-18(14-16-20)17-24-25(30)29(26(31-24)28-21-9-2-1-3-10-21)23-12-6-8-19-7-4-5-11-22(19)23/h1-5,7,9-11,13-17,23H,6,8,12H2. The summed E-state index contributed by atoms with van der Waals surface area (Å²) >= 11 is 7.47. The van der Waals surface area contributed by atoms with E-state index in [4.69, 9.17) is 16.6 Å². The van der Waals surface area contributed by atoms with Gasteiger partial charge in [-0.3, -0.25) is 9.69 Å². The lowest BCUT2D eigenvalue weighted by atomic mass is 9.87. The average Bonchev–Trinajstić information content (AvgIpc) is 3.10. The third kappa shape index (κ3) is 4.18. The molecule has 1 aliphatic heterocycles. The minimum Gasteiger partial charge on any atom is -0.279 e. The van der Waals surface area contributed by atoms with E-state index in [0.29, 0.717) is 9.93 Å². The number of aliphatic imine (C=N–C) groups is 1. The van der Waals surface area contributed by atoms with E-state index in [9.17, 15) is 4.79 Å². The number of amides is 1. The topological polar surface area (TPSA) is 32.7 Å². The van der Waals surface area contributed by atoms with Gasteiger partial charge in [0, 0.05) is 5.02 Å². The Balaban J connectivity index is 1.57. The van der Waals surface area contributed by atoms with Crippen molar-refractivity contribution >= 4 is 46.2 Å². The second-order valence-electron chi connectivity index (χ2n) is 7.67. The Hall–Kier alpha value is -2.82. The van der Waals surface area contributed by atoms with E-state index in [1.54, 1.807) is 0 Å². The predicted molar refractivity (Wildman–Crippen MR) is 130 cm³/mol. The van der Waals surface area contributed by atoms with Crippen LogP contribution in [0.5, 0.6) is 0 Å². The van der Waals surface area contributed by atoms with Crippen molar-refractivity contribution < 1.29 is 4.79 Å². The SMILES string of the molecule is O=C1C(=Cc2ccc(Cl)cc2)SC(=Nc2ccccc2)N1C1CCCc2ccccc21. The Kier molecular flexibility index (Phi) is 5.66. The summed E-state index contributed by atoms with van der Waals surface area (Å²) in [4.78, 5) is 21.1. The number of benzene rings is 3. The Bertz CT molecular complexity index is 1170. The van der Waals surface area contributed by atoms with Crippen LogP contribution in [-0.2, 0) is 11.2 Å². The monoisotopic (exact) mass is 444 g/mol. The minimum atomic E-state index is 0.00327. The molecule has 0 aromatic heterocycles. The quantitative estimate of drug-likeness (QED) is 0.406. The fourth-order valence-corrected chi connectivity index (χ4v) is 5.32. The zero-order valence-corrected chi connectivity index (χ0v) is 18.4. The molecule has 3 nitrogen and oxygen atoms in total. The third-order valence-corrected chi connectivity index (χ3v) is 6.87. The van der Waals surface area contributed by atoms with Crippen molar-refractivity contribution in [2.45, 2.75) is 25.3 Å². The predicted octanol–water partition coefficient (Wildman–Crippen LogP) is 7.02. The molecule has 0 spiro atoms. The van der Waals surface area contributed by atoms with Gasteiger partial charge in [-0.25, -0.2) is 4.99 Å². The van der Waals surface area contributed by atoms with Gasteiger partial charge in [-0.05, 0) is 78.1 Å². The second-order valence-corrected chi connectivity index (χ2v) is 9.12. The van der Waals surface area contributed by atoms with Crippen LogP contribution < -0.4 is 0 Å². The molecule has 31 heavy (non-hydrogen) atoms. The number of para-hydroxylation sites is 1. The number of carbonyl (C=O) groups is 1. The first-order chi connectivity index (χ1) is 15.2. The Labute approximate surface area is 191 Å². The van der Waals surface area contributed by atoms with E-state index in [0.717, 1.165) is 35.7 Å². The van der Waals surface area contributed by atoms with Crippen molar-refractivity contribution in [1.82, 2.24) is 4.90 Å². The smallest absolute Gasteiger partial charge is 0.267 e. The summed E-state index contributed by atoms with van der Waals surface area (Å²) in [5, 5.41) is 1.41. The number of hydrogen-bond donors (Lipinski definition) is 0. The highest BCUT2D eigenvalue weighted by atomic mass is 35.5. The number of amidine groups is 1. The lowest BCUT2D eigenvalue weighted by Crippen LogP contribution is -2.35. The van der Waals surface area contributed by atoms with Gasteiger partial charge in [-0.2, -0.15) is 0 Å². The molecule has 1 fully saturated rings. The van der Waals surface area contributed by atoms with Crippen LogP contribution in [0, 0.1) is 0 Å². The fraction of sp³-hybridized carbons (Fsp3) is 0.154. The molecule has 1 unspecified atom stereocenters. The lowest BCUT2D eigenvalue weighted by Gasteiger charge is -2.32. The summed E-state index contributed by atoms with van der Waals surface area (Å²) < 4.78 is 0. The van der Waals surface area contributed by atoms with Crippen LogP contribution in [0.25, 0.3) is 6.08 Å². The Morgan fingerprint density at radius 3 is 2.52 bits per heavy atom. The van der Waals surface area contributed by atoms with Gasteiger partial charge >= 0.3 is 0 Å². The number of fused-ring (bicyclic) bond motifs is 1. The molecule has 5 rings (SSSR count). The number of thioether (sulfide) groups is 1. The second kappa shape index (κ2) is 8.74. The van der Waals surface area contributed by atoms with E-state index in [1.165, 1.54) is 22.9 Å². The number of rotatable bonds is 3. The molecule has 154 valence electrons. The average molecular weight is 445 g/mol. The molecule has 1 aliphatic carbocycles. The van der Waals surface area contributed by atoms with Crippen LogP contribution in [-0.4, -0.2) is 16.0 Å². The molecule has 3 aromatic carbocycles.